The summed E-state index contributed by atoms with van der Waals surface area (Å²) in [6.45, 7) is 9.61. The molecule has 1 aromatic rings. The van der Waals surface area contributed by atoms with Crippen LogP contribution in [0.15, 0.2) is 30.3 Å². The van der Waals surface area contributed by atoms with Crippen molar-refractivity contribution in [2.45, 2.75) is 45.6 Å². The molecule has 1 aliphatic heterocycles. The third kappa shape index (κ3) is 5.26. The van der Waals surface area contributed by atoms with E-state index in [2.05, 4.69) is 54.4 Å². The van der Waals surface area contributed by atoms with Gasteiger partial charge in [-0.2, -0.15) is 0 Å². The predicted molar refractivity (Wildman–Crippen MR) is 87.1 cm³/mol. The molecule has 0 bridgehead atoms. The fourth-order valence-corrected chi connectivity index (χ4v) is 3.09. The molecule has 1 saturated heterocycles. The van der Waals surface area contributed by atoms with E-state index in [9.17, 15) is 0 Å². The van der Waals surface area contributed by atoms with Crippen LogP contribution in [0.4, 0.5) is 0 Å². The molecule has 0 spiro atoms. The molecule has 1 heterocycles. The number of hydrogen-bond acceptors (Lipinski definition) is 2. The van der Waals surface area contributed by atoms with Crippen LogP contribution >= 0.6 is 0 Å². The van der Waals surface area contributed by atoms with Crippen molar-refractivity contribution in [2.75, 3.05) is 26.2 Å². The molecule has 2 heteroatoms. The highest BCUT2D eigenvalue weighted by Crippen LogP contribution is 2.16. The van der Waals surface area contributed by atoms with Crippen LogP contribution in [0.2, 0.25) is 0 Å². The van der Waals surface area contributed by atoms with E-state index in [1.807, 2.05) is 0 Å². The van der Waals surface area contributed by atoms with Crippen molar-refractivity contribution in [3.63, 3.8) is 0 Å². The van der Waals surface area contributed by atoms with E-state index >= 15 is 0 Å². The molecule has 1 fully saturated rings. The van der Waals surface area contributed by atoms with E-state index in [0.717, 1.165) is 5.92 Å². The maximum Gasteiger partial charge on any atom is 0.00387 e. The van der Waals surface area contributed by atoms with Crippen molar-refractivity contribution >= 4 is 0 Å². The van der Waals surface area contributed by atoms with Gasteiger partial charge in [0.1, 0.15) is 0 Å². The van der Waals surface area contributed by atoms with Gasteiger partial charge in [-0.05, 0) is 70.6 Å². The monoisotopic (exact) mass is 274 g/mol. The molecule has 112 valence electrons. The van der Waals surface area contributed by atoms with Gasteiger partial charge in [-0.3, -0.25) is 0 Å². The number of benzene rings is 1. The van der Waals surface area contributed by atoms with Crippen LogP contribution in [-0.4, -0.2) is 37.1 Å². The number of piperidine rings is 1. The van der Waals surface area contributed by atoms with Gasteiger partial charge in [0, 0.05) is 12.6 Å². The third-order valence-corrected chi connectivity index (χ3v) is 4.44. The van der Waals surface area contributed by atoms with E-state index in [1.165, 1.54) is 57.4 Å². The Labute approximate surface area is 124 Å². The quantitative estimate of drug-likeness (QED) is 0.820. The third-order valence-electron chi connectivity index (χ3n) is 4.44. The summed E-state index contributed by atoms with van der Waals surface area (Å²) >= 11 is 0. The molecule has 1 N–H and O–H groups in total. The lowest BCUT2D eigenvalue weighted by molar-refractivity contribution is 0.167. The average molecular weight is 274 g/mol. The van der Waals surface area contributed by atoms with Crippen molar-refractivity contribution in [2.24, 2.45) is 5.92 Å². The van der Waals surface area contributed by atoms with Gasteiger partial charge in [-0.25, -0.2) is 0 Å². The summed E-state index contributed by atoms with van der Waals surface area (Å²) in [6.07, 6.45) is 5.17. The molecule has 2 nitrogen and oxygen atoms in total. The van der Waals surface area contributed by atoms with Gasteiger partial charge < -0.3 is 10.2 Å². The van der Waals surface area contributed by atoms with Gasteiger partial charge in [-0.15, -0.1) is 0 Å². The predicted octanol–water partition coefficient (Wildman–Crippen LogP) is 3.33. The first-order chi connectivity index (χ1) is 9.75. The molecule has 0 unspecified atom stereocenters. The molecule has 2 rings (SSSR count). The van der Waals surface area contributed by atoms with Gasteiger partial charge in [0.15, 0.2) is 0 Å². The minimum absolute atomic E-state index is 0.667. The lowest BCUT2D eigenvalue weighted by Crippen LogP contribution is -2.40. The van der Waals surface area contributed by atoms with Crippen LogP contribution in [0.3, 0.4) is 0 Å². The summed E-state index contributed by atoms with van der Waals surface area (Å²) in [6, 6.07) is 11.5. The highest BCUT2D eigenvalue weighted by molar-refractivity contribution is 5.14. The zero-order valence-electron chi connectivity index (χ0n) is 13.1. The summed E-state index contributed by atoms with van der Waals surface area (Å²) in [7, 11) is 0. The molecular formula is C18H30N2. The van der Waals surface area contributed by atoms with E-state index < -0.39 is 0 Å². The van der Waals surface area contributed by atoms with Gasteiger partial charge in [0.05, 0.1) is 0 Å². The van der Waals surface area contributed by atoms with Crippen LogP contribution in [-0.2, 0) is 6.42 Å². The highest BCUT2D eigenvalue weighted by Gasteiger charge is 2.18. The molecule has 20 heavy (non-hydrogen) atoms. The van der Waals surface area contributed by atoms with Gasteiger partial charge in [0.2, 0.25) is 0 Å². The minimum atomic E-state index is 0.667. The van der Waals surface area contributed by atoms with Crippen molar-refractivity contribution in [1.29, 1.82) is 0 Å². The van der Waals surface area contributed by atoms with Crippen LogP contribution in [0.5, 0.6) is 0 Å². The second-order valence-electron chi connectivity index (χ2n) is 6.37. The van der Waals surface area contributed by atoms with Crippen molar-refractivity contribution in [3.8, 4) is 0 Å². The van der Waals surface area contributed by atoms with Gasteiger partial charge >= 0.3 is 0 Å². The van der Waals surface area contributed by atoms with E-state index in [1.54, 1.807) is 0 Å². The summed E-state index contributed by atoms with van der Waals surface area (Å²) in [5, 5.41) is 3.46. The lowest BCUT2D eigenvalue weighted by Gasteiger charge is -2.32. The fourth-order valence-electron chi connectivity index (χ4n) is 3.09. The smallest absolute Gasteiger partial charge is 0.00387 e. The Bertz CT molecular complexity index is 355. The minimum Gasteiger partial charge on any atom is -0.317 e. The lowest BCUT2D eigenvalue weighted by atomic mass is 9.97. The molecule has 1 aliphatic rings. The van der Waals surface area contributed by atoms with Crippen LogP contribution in [0.1, 0.15) is 38.7 Å². The molecule has 1 aromatic carbocycles. The Hall–Kier alpha value is -0.860. The standard InChI is InChI=1S/C18H30N2/c1-16(2)20(15-18-10-12-19-13-11-18)14-6-9-17-7-4-3-5-8-17/h3-5,7-8,16,18-19H,6,9-15H2,1-2H3. The zero-order chi connectivity index (χ0) is 14.2. The van der Waals surface area contributed by atoms with E-state index in [-0.39, 0.29) is 0 Å². The second kappa shape index (κ2) is 8.43. The molecule has 0 aromatic heterocycles. The van der Waals surface area contributed by atoms with Crippen LogP contribution in [0.25, 0.3) is 0 Å². The first-order valence-corrected chi connectivity index (χ1v) is 8.24. The number of rotatable bonds is 7. The summed E-state index contributed by atoms with van der Waals surface area (Å²) in [4.78, 5) is 2.68. The molecule has 0 radical (unpaired) electrons. The number of hydrogen-bond donors (Lipinski definition) is 1. The normalized spacial score (nSPS) is 17.0. The zero-order valence-corrected chi connectivity index (χ0v) is 13.1. The Kier molecular flexibility index (Phi) is 6.55. The highest BCUT2D eigenvalue weighted by atomic mass is 15.1. The summed E-state index contributed by atoms with van der Waals surface area (Å²) in [5.74, 6) is 0.898. The van der Waals surface area contributed by atoms with E-state index in [0.29, 0.717) is 6.04 Å². The molecule has 0 amide bonds. The first kappa shape index (κ1) is 15.5. The van der Waals surface area contributed by atoms with Crippen LogP contribution in [0, 0.1) is 5.92 Å². The second-order valence-corrected chi connectivity index (χ2v) is 6.37. The van der Waals surface area contributed by atoms with Crippen molar-refractivity contribution in [1.82, 2.24) is 10.2 Å². The van der Waals surface area contributed by atoms with Crippen molar-refractivity contribution < 1.29 is 0 Å². The van der Waals surface area contributed by atoms with Gasteiger partial charge in [-0.1, -0.05) is 30.3 Å². The largest absolute Gasteiger partial charge is 0.317 e. The van der Waals surface area contributed by atoms with Crippen LogP contribution < -0.4 is 5.32 Å². The Morgan fingerprint density at radius 3 is 2.50 bits per heavy atom. The van der Waals surface area contributed by atoms with Gasteiger partial charge in [0.25, 0.3) is 0 Å². The van der Waals surface area contributed by atoms with E-state index in [4.69, 9.17) is 0 Å². The van der Waals surface area contributed by atoms with Crippen molar-refractivity contribution in [3.05, 3.63) is 35.9 Å². The Morgan fingerprint density at radius 1 is 1.15 bits per heavy atom. The molecule has 0 atom stereocenters. The molecular weight excluding hydrogens is 244 g/mol. The topological polar surface area (TPSA) is 15.3 Å². The molecule has 0 aliphatic carbocycles. The Balaban J connectivity index is 1.74. The Morgan fingerprint density at radius 2 is 1.85 bits per heavy atom. The number of nitrogens with zero attached hydrogens (tertiary/aromatic N) is 1. The summed E-state index contributed by atoms with van der Waals surface area (Å²) < 4.78 is 0. The number of nitrogens with one attached hydrogen (secondary N) is 1. The first-order valence-electron chi connectivity index (χ1n) is 8.24. The summed E-state index contributed by atoms with van der Waals surface area (Å²) in [5.41, 5.74) is 1.47. The average Bonchev–Trinajstić information content (AvgIpc) is 2.48. The molecule has 0 saturated carbocycles. The maximum atomic E-state index is 3.46. The SMILES string of the molecule is CC(C)N(CCCc1ccccc1)CC1CCNCC1. The maximum absolute atomic E-state index is 3.46. The fraction of sp³-hybridized carbons (Fsp3) is 0.667. The number of aryl methyl sites for hydroxylation is 1.